The zero-order chi connectivity index (χ0) is 12.7. The first kappa shape index (κ1) is 15.3. The summed E-state index contributed by atoms with van der Waals surface area (Å²) in [5, 5.41) is 2.95. The molecule has 0 fully saturated rings. The Morgan fingerprint density at radius 2 is 1.69 bits per heavy atom. The minimum Gasteiger partial charge on any atom is -0.338 e. The van der Waals surface area contributed by atoms with Crippen molar-refractivity contribution in [1.82, 2.24) is 10.2 Å². The maximum Gasteiger partial charge on any atom is 0.317 e. The van der Waals surface area contributed by atoms with Crippen molar-refractivity contribution in [2.75, 3.05) is 13.6 Å². The predicted octanol–water partition coefficient (Wildman–Crippen LogP) is 3.11. The summed E-state index contributed by atoms with van der Waals surface area (Å²) >= 11 is 0. The van der Waals surface area contributed by atoms with Gasteiger partial charge in [0.2, 0.25) is 0 Å². The lowest BCUT2D eigenvalue weighted by atomic mass is 10.0. The lowest BCUT2D eigenvalue weighted by Gasteiger charge is -2.26. The van der Waals surface area contributed by atoms with E-state index in [2.05, 4.69) is 39.9 Å². The Balaban J connectivity index is 3.88. The van der Waals surface area contributed by atoms with Gasteiger partial charge in [0.05, 0.1) is 0 Å². The van der Waals surface area contributed by atoms with Crippen LogP contribution in [-0.4, -0.2) is 30.6 Å². The fourth-order valence-electron chi connectivity index (χ4n) is 1.63. The standard InChI is InChI=1S/C13H28N2O/c1-10(2)7-8-14-13(16)15(6)12(5)9-11(3)4/h10-12H,7-9H2,1-6H3,(H,14,16)/t12-/m0/s1. The first-order chi connectivity index (χ1) is 7.34. The van der Waals surface area contributed by atoms with E-state index in [4.69, 9.17) is 0 Å². The number of carbonyl (C=O) groups is 1. The fraction of sp³-hybridized carbons (Fsp3) is 0.923. The predicted molar refractivity (Wildman–Crippen MR) is 69.5 cm³/mol. The number of hydrogen-bond acceptors (Lipinski definition) is 1. The van der Waals surface area contributed by atoms with E-state index in [-0.39, 0.29) is 6.03 Å². The molecule has 0 aliphatic rings. The smallest absolute Gasteiger partial charge is 0.317 e. The Hall–Kier alpha value is -0.730. The maximum atomic E-state index is 11.8. The van der Waals surface area contributed by atoms with Crippen LogP contribution in [0.4, 0.5) is 4.79 Å². The van der Waals surface area contributed by atoms with Crippen LogP contribution in [0.5, 0.6) is 0 Å². The molecule has 0 spiro atoms. The summed E-state index contributed by atoms with van der Waals surface area (Å²) in [6, 6.07) is 0.354. The zero-order valence-corrected chi connectivity index (χ0v) is 11.7. The van der Waals surface area contributed by atoms with Crippen molar-refractivity contribution in [3.8, 4) is 0 Å². The van der Waals surface area contributed by atoms with Gasteiger partial charge in [0.1, 0.15) is 0 Å². The number of carbonyl (C=O) groups excluding carboxylic acids is 1. The van der Waals surface area contributed by atoms with Crippen LogP contribution in [-0.2, 0) is 0 Å². The average Bonchev–Trinajstić information content (AvgIpc) is 2.14. The lowest BCUT2D eigenvalue weighted by molar-refractivity contribution is 0.186. The maximum absolute atomic E-state index is 11.8. The van der Waals surface area contributed by atoms with Crippen LogP contribution in [0.3, 0.4) is 0 Å². The SMILES string of the molecule is CC(C)CCNC(=O)N(C)[C@@H](C)CC(C)C. The van der Waals surface area contributed by atoms with E-state index < -0.39 is 0 Å². The highest BCUT2D eigenvalue weighted by molar-refractivity contribution is 5.74. The molecule has 0 bridgehead atoms. The number of nitrogens with zero attached hydrogens (tertiary/aromatic N) is 1. The van der Waals surface area contributed by atoms with Crippen LogP contribution in [0.15, 0.2) is 0 Å². The average molecular weight is 228 g/mol. The topological polar surface area (TPSA) is 32.3 Å². The van der Waals surface area contributed by atoms with Crippen LogP contribution in [0.2, 0.25) is 0 Å². The highest BCUT2D eigenvalue weighted by Crippen LogP contribution is 2.09. The minimum atomic E-state index is 0.0498. The van der Waals surface area contributed by atoms with Gasteiger partial charge in [-0.05, 0) is 31.6 Å². The van der Waals surface area contributed by atoms with E-state index in [0.717, 1.165) is 19.4 Å². The monoisotopic (exact) mass is 228 g/mol. The van der Waals surface area contributed by atoms with Crippen LogP contribution in [0.25, 0.3) is 0 Å². The zero-order valence-electron chi connectivity index (χ0n) is 11.7. The molecule has 0 saturated carbocycles. The lowest BCUT2D eigenvalue weighted by Crippen LogP contribution is -2.43. The highest BCUT2D eigenvalue weighted by Gasteiger charge is 2.15. The molecule has 16 heavy (non-hydrogen) atoms. The Bertz CT molecular complexity index is 202. The second-order valence-electron chi connectivity index (χ2n) is 5.50. The Morgan fingerprint density at radius 1 is 1.12 bits per heavy atom. The number of rotatable bonds is 6. The van der Waals surface area contributed by atoms with Gasteiger partial charge in [-0.15, -0.1) is 0 Å². The van der Waals surface area contributed by atoms with Crippen molar-refractivity contribution < 1.29 is 4.79 Å². The first-order valence-electron chi connectivity index (χ1n) is 6.35. The molecule has 2 amide bonds. The van der Waals surface area contributed by atoms with Crippen LogP contribution in [0, 0.1) is 11.8 Å². The molecule has 1 N–H and O–H groups in total. The van der Waals surface area contributed by atoms with Crippen molar-refractivity contribution in [2.45, 2.75) is 53.5 Å². The van der Waals surface area contributed by atoms with Gasteiger partial charge in [0, 0.05) is 19.6 Å². The van der Waals surface area contributed by atoms with Gasteiger partial charge in [0.15, 0.2) is 0 Å². The van der Waals surface area contributed by atoms with Crippen molar-refractivity contribution in [3.63, 3.8) is 0 Å². The summed E-state index contributed by atoms with van der Waals surface area (Å²) in [4.78, 5) is 13.6. The molecule has 0 aliphatic carbocycles. The second kappa shape index (κ2) is 7.53. The Labute approximate surface area is 101 Å². The summed E-state index contributed by atoms with van der Waals surface area (Å²) in [6.07, 6.45) is 2.09. The number of amides is 2. The van der Waals surface area contributed by atoms with E-state index in [1.807, 2.05) is 7.05 Å². The quantitative estimate of drug-likeness (QED) is 0.744. The molecule has 0 unspecified atom stereocenters. The molecule has 1 atom stereocenters. The summed E-state index contributed by atoms with van der Waals surface area (Å²) in [7, 11) is 1.87. The van der Waals surface area contributed by atoms with Crippen molar-refractivity contribution in [2.24, 2.45) is 11.8 Å². The normalized spacial score (nSPS) is 13.0. The van der Waals surface area contributed by atoms with Gasteiger partial charge in [-0.2, -0.15) is 0 Å². The number of urea groups is 1. The second-order valence-corrected chi connectivity index (χ2v) is 5.50. The van der Waals surface area contributed by atoms with Crippen molar-refractivity contribution in [1.29, 1.82) is 0 Å². The van der Waals surface area contributed by atoms with Gasteiger partial charge in [-0.1, -0.05) is 27.7 Å². The molecule has 0 aliphatic heterocycles. The molecule has 0 aromatic heterocycles. The van der Waals surface area contributed by atoms with Gasteiger partial charge < -0.3 is 10.2 Å². The molecule has 0 saturated heterocycles. The molecule has 3 nitrogen and oxygen atoms in total. The largest absolute Gasteiger partial charge is 0.338 e. The summed E-state index contributed by atoms with van der Waals surface area (Å²) in [5.74, 6) is 1.26. The number of nitrogens with one attached hydrogen (secondary N) is 1. The van der Waals surface area contributed by atoms with Crippen LogP contribution >= 0.6 is 0 Å². The van der Waals surface area contributed by atoms with Crippen molar-refractivity contribution in [3.05, 3.63) is 0 Å². The molecular formula is C13H28N2O. The van der Waals surface area contributed by atoms with Crippen LogP contribution in [0.1, 0.15) is 47.5 Å². The van der Waals surface area contributed by atoms with E-state index in [1.165, 1.54) is 0 Å². The molecule has 96 valence electrons. The van der Waals surface area contributed by atoms with E-state index in [9.17, 15) is 4.79 Å². The molecule has 0 aromatic carbocycles. The molecule has 0 aromatic rings. The number of hydrogen-bond donors (Lipinski definition) is 1. The highest BCUT2D eigenvalue weighted by atomic mass is 16.2. The van der Waals surface area contributed by atoms with E-state index >= 15 is 0 Å². The van der Waals surface area contributed by atoms with Gasteiger partial charge in [-0.25, -0.2) is 4.79 Å². The molecule has 0 radical (unpaired) electrons. The first-order valence-corrected chi connectivity index (χ1v) is 6.35. The molecule has 0 rings (SSSR count). The fourth-order valence-corrected chi connectivity index (χ4v) is 1.63. The molecule has 3 heteroatoms. The third-order valence-corrected chi connectivity index (χ3v) is 2.79. The summed E-state index contributed by atoms with van der Waals surface area (Å²) in [6.45, 7) is 11.6. The van der Waals surface area contributed by atoms with Gasteiger partial charge in [0.25, 0.3) is 0 Å². The summed E-state index contributed by atoms with van der Waals surface area (Å²) < 4.78 is 0. The minimum absolute atomic E-state index is 0.0498. The van der Waals surface area contributed by atoms with E-state index in [1.54, 1.807) is 4.90 Å². The van der Waals surface area contributed by atoms with E-state index in [0.29, 0.717) is 17.9 Å². The Kier molecular flexibility index (Phi) is 7.18. The third-order valence-electron chi connectivity index (χ3n) is 2.79. The Morgan fingerprint density at radius 3 is 2.12 bits per heavy atom. The third kappa shape index (κ3) is 6.70. The van der Waals surface area contributed by atoms with Crippen LogP contribution < -0.4 is 5.32 Å². The molecular weight excluding hydrogens is 200 g/mol. The molecule has 0 heterocycles. The van der Waals surface area contributed by atoms with Gasteiger partial charge >= 0.3 is 6.03 Å². The van der Waals surface area contributed by atoms with Crippen molar-refractivity contribution >= 4 is 6.03 Å². The summed E-state index contributed by atoms with van der Waals surface area (Å²) in [5.41, 5.74) is 0. The van der Waals surface area contributed by atoms with Gasteiger partial charge in [-0.3, -0.25) is 0 Å².